The molecule has 0 radical (unpaired) electrons. The standard InChI is InChI=1S/C21H22ClN5O2/c1-15-23-19(25-7-3-4-8-25)14-20(24-15)26-9-11-27(12-10-26)21(28)17-13-16(22)5-6-18(17)29-2/h3-8,13-14H,9-12H2,1-2H3. The first-order valence-corrected chi connectivity index (χ1v) is 9.80. The number of carbonyl (C=O) groups is 1. The van der Waals surface area contributed by atoms with Crippen LogP contribution in [0.15, 0.2) is 48.8 Å². The Labute approximate surface area is 174 Å². The van der Waals surface area contributed by atoms with E-state index in [2.05, 4.69) is 14.9 Å². The lowest BCUT2D eigenvalue weighted by Gasteiger charge is -2.35. The number of nitrogens with zero attached hydrogens (tertiary/aromatic N) is 5. The van der Waals surface area contributed by atoms with Crippen LogP contribution in [0.4, 0.5) is 5.82 Å². The summed E-state index contributed by atoms with van der Waals surface area (Å²) < 4.78 is 7.29. The Bertz CT molecular complexity index is 1010. The molecule has 29 heavy (non-hydrogen) atoms. The first kappa shape index (κ1) is 19.3. The van der Waals surface area contributed by atoms with Gasteiger partial charge >= 0.3 is 0 Å². The van der Waals surface area contributed by atoms with Crippen molar-refractivity contribution in [1.82, 2.24) is 19.4 Å². The second-order valence-electron chi connectivity index (χ2n) is 6.85. The number of hydrogen-bond acceptors (Lipinski definition) is 5. The molecule has 1 aromatic carbocycles. The third-order valence-electron chi connectivity index (χ3n) is 4.96. The summed E-state index contributed by atoms with van der Waals surface area (Å²) in [6, 6.07) is 11.0. The van der Waals surface area contributed by atoms with E-state index in [0.717, 1.165) is 11.6 Å². The molecular weight excluding hydrogens is 390 g/mol. The highest BCUT2D eigenvalue weighted by molar-refractivity contribution is 6.31. The fourth-order valence-electron chi connectivity index (χ4n) is 3.47. The van der Waals surface area contributed by atoms with Crippen molar-refractivity contribution in [1.29, 1.82) is 0 Å². The van der Waals surface area contributed by atoms with E-state index in [-0.39, 0.29) is 5.91 Å². The van der Waals surface area contributed by atoms with Crippen LogP contribution in [-0.4, -0.2) is 58.6 Å². The molecule has 0 spiro atoms. The summed E-state index contributed by atoms with van der Waals surface area (Å²) in [6.45, 7) is 4.46. The van der Waals surface area contributed by atoms with Crippen molar-refractivity contribution in [3.63, 3.8) is 0 Å². The van der Waals surface area contributed by atoms with Crippen molar-refractivity contribution < 1.29 is 9.53 Å². The van der Waals surface area contributed by atoms with Crippen LogP contribution in [0.5, 0.6) is 5.75 Å². The van der Waals surface area contributed by atoms with Crippen molar-refractivity contribution in [2.45, 2.75) is 6.92 Å². The van der Waals surface area contributed by atoms with Crippen molar-refractivity contribution in [2.75, 3.05) is 38.2 Å². The molecule has 1 aliphatic heterocycles. The zero-order valence-corrected chi connectivity index (χ0v) is 17.1. The smallest absolute Gasteiger partial charge is 0.257 e. The Morgan fingerprint density at radius 3 is 2.41 bits per heavy atom. The number of ether oxygens (including phenoxy) is 1. The maximum Gasteiger partial charge on any atom is 0.257 e. The van der Waals surface area contributed by atoms with E-state index in [1.807, 2.05) is 47.0 Å². The molecule has 0 N–H and O–H groups in total. The Kier molecular flexibility index (Phi) is 5.40. The third-order valence-corrected chi connectivity index (χ3v) is 5.20. The molecule has 0 bridgehead atoms. The molecule has 8 heteroatoms. The van der Waals surface area contributed by atoms with Gasteiger partial charge in [0.2, 0.25) is 0 Å². The van der Waals surface area contributed by atoms with Crippen molar-refractivity contribution in [2.24, 2.45) is 0 Å². The molecule has 1 saturated heterocycles. The van der Waals surface area contributed by atoms with Gasteiger partial charge < -0.3 is 19.1 Å². The predicted octanol–water partition coefficient (Wildman–Crippen LogP) is 3.20. The van der Waals surface area contributed by atoms with Crippen LogP contribution in [0.1, 0.15) is 16.2 Å². The van der Waals surface area contributed by atoms with Crippen LogP contribution in [0.2, 0.25) is 5.02 Å². The van der Waals surface area contributed by atoms with Gasteiger partial charge in [0.15, 0.2) is 0 Å². The number of hydrogen-bond donors (Lipinski definition) is 0. The summed E-state index contributed by atoms with van der Waals surface area (Å²) in [5.74, 6) is 2.88. The fourth-order valence-corrected chi connectivity index (χ4v) is 3.65. The monoisotopic (exact) mass is 411 g/mol. The quantitative estimate of drug-likeness (QED) is 0.659. The van der Waals surface area contributed by atoms with Gasteiger partial charge in [-0.25, -0.2) is 9.97 Å². The topological polar surface area (TPSA) is 63.5 Å². The van der Waals surface area contributed by atoms with Crippen LogP contribution in [-0.2, 0) is 0 Å². The van der Waals surface area contributed by atoms with Gasteiger partial charge in [-0.05, 0) is 37.3 Å². The summed E-state index contributed by atoms with van der Waals surface area (Å²) in [5, 5.41) is 0.516. The highest BCUT2D eigenvalue weighted by Crippen LogP contribution is 2.25. The molecule has 2 aromatic heterocycles. The number of carbonyl (C=O) groups excluding carboxylic acids is 1. The van der Waals surface area contributed by atoms with Crippen LogP contribution < -0.4 is 9.64 Å². The molecule has 0 atom stereocenters. The summed E-state index contributed by atoms with van der Waals surface area (Å²) in [5.41, 5.74) is 0.487. The minimum Gasteiger partial charge on any atom is -0.496 e. The van der Waals surface area contributed by atoms with E-state index in [1.54, 1.807) is 25.3 Å². The second kappa shape index (κ2) is 8.13. The third kappa shape index (κ3) is 4.05. The summed E-state index contributed by atoms with van der Waals surface area (Å²) in [4.78, 5) is 26.1. The summed E-state index contributed by atoms with van der Waals surface area (Å²) in [6.07, 6.45) is 3.92. The Balaban J connectivity index is 1.49. The Morgan fingerprint density at radius 1 is 1.03 bits per heavy atom. The number of methoxy groups -OCH3 is 1. The van der Waals surface area contributed by atoms with E-state index in [0.29, 0.717) is 48.3 Å². The maximum absolute atomic E-state index is 13.0. The van der Waals surface area contributed by atoms with Gasteiger partial charge in [-0.3, -0.25) is 4.79 Å². The van der Waals surface area contributed by atoms with Gasteiger partial charge in [0, 0.05) is 49.7 Å². The molecular formula is C21H22ClN5O2. The van der Waals surface area contributed by atoms with Crippen LogP contribution in [0.25, 0.3) is 5.82 Å². The number of benzene rings is 1. The minimum atomic E-state index is -0.0732. The van der Waals surface area contributed by atoms with Gasteiger partial charge in [0.1, 0.15) is 23.2 Å². The molecule has 150 valence electrons. The molecule has 0 saturated carbocycles. The number of aromatic nitrogens is 3. The minimum absolute atomic E-state index is 0.0732. The number of halogens is 1. The SMILES string of the molecule is COc1ccc(Cl)cc1C(=O)N1CCN(c2cc(-n3cccc3)nc(C)n2)CC1. The first-order valence-electron chi connectivity index (χ1n) is 9.42. The van der Waals surface area contributed by atoms with Gasteiger partial charge in [0.25, 0.3) is 5.91 Å². The molecule has 3 heterocycles. The van der Waals surface area contributed by atoms with Crippen molar-refractivity contribution in [3.05, 3.63) is 65.2 Å². The molecule has 1 amide bonds. The number of piperazine rings is 1. The average molecular weight is 412 g/mol. The molecule has 1 fully saturated rings. The molecule has 0 aliphatic carbocycles. The number of anilines is 1. The summed E-state index contributed by atoms with van der Waals surface area (Å²) >= 11 is 6.08. The van der Waals surface area contributed by atoms with Crippen LogP contribution in [0, 0.1) is 6.92 Å². The zero-order valence-electron chi connectivity index (χ0n) is 16.4. The van der Waals surface area contributed by atoms with Gasteiger partial charge in [-0.1, -0.05) is 11.6 Å². The maximum atomic E-state index is 13.0. The summed E-state index contributed by atoms with van der Waals surface area (Å²) in [7, 11) is 1.55. The molecule has 3 aromatic rings. The number of aryl methyl sites for hydroxylation is 1. The van der Waals surface area contributed by atoms with Crippen molar-refractivity contribution >= 4 is 23.3 Å². The van der Waals surface area contributed by atoms with Gasteiger partial charge in [0.05, 0.1) is 12.7 Å². The van der Waals surface area contributed by atoms with E-state index >= 15 is 0 Å². The predicted molar refractivity (Wildman–Crippen MR) is 112 cm³/mol. The van der Waals surface area contributed by atoms with E-state index < -0.39 is 0 Å². The van der Waals surface area contributed by atoms with Gasteiger partial charge in [-0.2, -0.15) is 0 Å². The van der Waals surface area contributed by atoms with Gasteiger partial charge in [-0.15, -0.1) is 0 Å². The van der Waals surface area contributed by atoms with Crippen LogP contribution in [0.3, 0.4) is 0 Å². The molecule has 4 rings (SSSR count). The van der Waals surface area contributed by atoms with E-state index in [1.165, 1.54) is 0 Å². The highest BCUT2D eigenvalue weighted by Gasteiger charge is 2.25. The number of rotatable bonds is 4. The van der Waals surface area contributed by atoms with Crippen molar-refractivity contribution in [3.8, 4) is 11.6 Å². The lowest BCUT2D eigenvalue weighted by atomic mass is 10.1. The average Bonchev–Trinajstić information content (AvgIpc) is 3.28. The lowest BCUT2D eigenvalue weighted by Crippen LogP contribution is -2.49. The largest absolute Gasteiger partial charge is 0.496 e. The molecule has 0 unspecified atom stereocenters. The fraction of sp³-hybridized carbons (Fsp3) is 0.286. The normalized spacial score (nSPS) is 14.2. The molecule has 1 aliphatic rings. The molecule has 7 nitrogen and oxygen atoms in total. The lowest BCUT2D eigenvalue weighted by molar-refractivity contribution is 0.0743. The Hall–Kier alpha value is -3.06. The van der Waals surface area contributed by atoms with E-state index in [9.17, 15) is 4.79 Å². The zero-order chi connectivity index (χ0) is 20.4. The van der Waals surface area contributed by atoms with E-state index in [4.69, 9.17) is 16.3 Å². The number of amides is 1. The highest BCUT2D eigenvalue weighted by atomic mass is 35.5. The van der Waals surface area contributed by atoms with Crippen LogP contribution >= 0.6 is 11.6 Å². The Morgan fingerprint density at radius 2 is 1.72 bits per heavy atom. The second-order valence-corrected chi connectivity index (χ2v) is 7.28. The first-order chi connectivity index (χ1) is 14.0.